The molecule has 2 fully saturated rings. The number of carbonyl (C=O) groups is 2. The molecule has 4 nitrogen and oxygen atoms in total. The predicted octanol–water partition coefficient (Wildman–Crippen LogP) is 2.03. The molecule has 4 heteroatoms. The third-order valence-corrected chi connectivity index (χ3v) is 4.99. The molecular weight excluding hydrogens is 240 g/mol. The third kappa shape index (κ3) is 2.26. The van der Waals surface area contributed by atoms with Gasteiger partial charge in [0.05, 0.1) is 0 Å². The zero-order chi connectivity index (χ0) is 14.2. The number of hydrogen-bond acceptors (Lipinski definition) is 2. The summed E-state index contributed by atoms with van der Waals surface area (Å²) in [5.41, 5.74) is 0. The van der Waals surface area contributed by atoms with E-state index in [2.05, 4.69) is 20.8 Å². The second kappa shape index (κ2) is 5.51. The van der Waals surface area contributed by atoms with Gasteiger partial charge >= 0.3 is 0 Å². The van der Waals surface area contributed by atoms with Crippen LogP contribution in [0.3, 0.4) is 0 Å². The van der Waals surface area contributed by atoms with E-state index in [0.717, 1.165) is 25.8 Å². The summed E-state index contributed by atoms with van der Waals surface area (Å²) < 4.78 is 0. The van der Waals surface area contributed by atoms with Crippen molar-refractivity contribution in [1.82, 2.24) is 9.80 Å². The molecule has 4 atom stereocenters. The zero-order valence-electron chi connectivity index (χ0n) is 12.6. The van der Waals surface area contributed by atoms with Gasteiger partial charge in [-0.3, -0.25) is 9.59 Å². The van der Waals surface area contributed by atoms with Crippen molar-refractivity contribution in [3.05, 3.63) is 0 Å². The molecule has 0 aromatic rings. The number of nitrogens with zero attached hydrogens (tertiary/aromatic N) is 2. The Balaban J connectivity index is 2.28. The minimum Gasteiger partial charge on any atom is -0.329 e. The van der Waals surface area contributed by atoms with Crippen LogP contribution in [0, 0.1) is 5.92 Å². The minimum absolute atomic E-state index is 0.147. The maximum absolute atomic E-state index is 12.7. The molecule has 0 spiro atoms. The largest absolute Gasteiger partial charge is 0.329 e. The fraction of sp³-hybridized carbons (Fsp3) is 0.867. The van der Waals surface area contributed by atoms with Crippen LogP contribution in [0.5, 0.6) is 0 Å². The summed E-state index contributed by atoms with van der Waals surface area (Å²) in [6.45, 7) is 9.16. The van der Waals surface area contributed by atoms with Gasteiger partial charge in [-0.05, 0) is 32.1 Å². The van der Waals surface area contributed by atoms with Crippen LogP contribution in [0.2, 0.25) is 0 Å². The highest BCUT2D eigenvalue weighted by Crippen LogP contribution is 2.31. The van der Waals surface area contributed by atoms with Gasteiger partial charge < -0.3 is 9.80 Å². The number of hydrogen-bond donors (Lipinski definition) is 0. The van der Waals surface area contributed by atoms with E-state index < -0.39 is 0 Å². The van der Waals surface area contributed by atoms with E-state index in [0.29, 0.717) is 12.3 Å². The second-order valence-corrected chi connectivity index (χ2v) is 5.99. The van der Waals surface area contributed by atoms with E-state index in [-0.39, 0.29) is 29.9 Å². The zero-order valence-corrected chi connectivity index (χ0v) is 12.6. The summed E-state index contributed by atoms with van der Waals surface area (Å²) in [6.07, 6.45) is 3.55. The second-order valence-electron chi connectivity index (χ2n) is 5.99. The van der Waals surface area contributed by atoms with Gasteiger partial charge in [0.15, 0.2) is 0 Å². The smallest absolute Gasteiger partial charge is 0.246 e. The molecular formula is C15H26N2O2. The van der Waals surface area contributed by atoms with Crippen molar-refractivity contribution in [2.75, 3.05) is 6.54 Å². The molecule has 2 rings (SSSR count). The van der Waals surface area contributed by atoms with Gasteiger partial charge in [-0.2, -0.15) is 0 Å². The van der Waals surface area contributed by atoms with Crippen molar-refractivity contribution in [3.63, 3.8) is 0 Å². The highest BCUT2D eigenvalue weighted by Gasteiger charge is 2.48. The molecule has 0 aliphatic carbocycles. The highest BCUT2D eigenvalue weighted by molar-refractivity contribution is 5.97. The number of rotatable bonds is 4. The molecule has 0 aromatic carbocycles. The van der Waals surface area contributed by atoms with Crippen molar-refractivity contribution >= 4 is 11.8 Å². The van der Waals surface area contributed by atoms with Crippen LogP contribution < -0.4 is 0 Å². The molecule has 4 unspecified atom stereocenters. The van der Waals surface area contributed by atoms with Gasteiger partial charge in [0.25, 0.3) is 0 Å². The van der Waals surface area contributed by atoms with E-state index in [9.17, 15) is 9.59 Å². The molecule has 2 amide bonds. The molecule has 0 saturated carbocycles. The lowest BCUT2D eigenvalue weighted by Gasteiger charge is -2.46. The van der Waals surface area contributed by atoms with Crippen molar-refractivity contribution < 1.29 is 9.59 Å². The summed E-state index contributed by atoms with van der Waals surface area (Å²) in [7, 11) is 0. The fourth-order valence-electron chi connectivity index (χ4n) is 3.39. The van der Waals surface area contributed by atoms with Gasteiger partial charge in [-0.25, -0.2) is 0 Å². The standard InChI is InChI=1S/C15H26N2O2/c1-5-10(3)11(4)17-12(6-2)14(18)16-9-7-8-13(16)15(17)19/h10-13H,5-9H2,1-4H3. The highest BCUT2D eigenvalue weighted by atomic mass is 16.2. The SMILES string of the molecule is CCC(C)C(C)N1C(=O)C2CCCN2C(=O)C1CC. The first-order valence-electron chi connectivity index (χ1n) is 7.65. The first-order valence-corrected chi connectivity index (χ1v) is 7.65. The first-order chi connectivity index (χ1) is 9.02. The summed E-state index contributed by atoms with van der Waals surface area (Å²) in [6, 6.07) is -0.276. The summed E-state index contributed by atoms with van der Waals surface area (Å²) in [4.78, 5) is 29.0. The van der Waals surface area contributed by atoms with Crippen LogP contribution in [0.4, 0.5) is 0 Å². The fourth-order valence-corrected chi connectivity index (χ4v) is 3.39. The van der Waals surface area contributed by atoms with E-state index in [1.54, 1.807) is 0 Å². The van der Waals surface area contributed by atoms with Gasteiger partial charge in [-0.1, -0.05) is 27.2 Å². The molecule has 0 N–H and O–H groups in total. The summed E-state index contributed by atoms with van der Waals surface area (Å²) >= 11 is 0. The van der Waals surface area contributed by atoms with Gasteiger partial charge in [-0.15, -0.1) is 0 Å². The van der Waals surface area contributed by atoms with Crippen LogP contribution in [-0.2, 0) is 9.59 Å². The van der Waals surface area contributed by atoms with Gasteiger partial charge in [0.1, 0.15) is 12.1 Å². The molecule has 0 aromatic heterocycles. The number of piperazine rings is 1. The lowest BCUT2D eigenvalue weighted by molar-refractivity contribution is -0.163. The molecule has 19 heavy (non-hydrogen) atoms. The maximum Gasteiger partial charge on any atom is 0.246 e. The van der Waals surface area contributed by atoms with Crippen LogP contribution in [0.1, 0.15) is 53.4 Å². The average molecular weight is 266 g/mol. The van der Waals surface area contributed by atoms with Crippen LogP contribution in [0.25, 0.3) is 0 Å². The number of amides is 2. The van der Waals surface area contributed by atoms with Crippen molar-refractivity contribution in [3.8, 4) is 0 Å². The number of carbonyl (C=O) groups excluding carboxylic acids is 2. The Morgan fingerprint density at radius 2 is 1.89 bits per heavy atom. The van der Waals surface area contributed by atoms with Crippen LogP contribution in [-0.4, -0.2) is 46.3 Å². The Morgan fingerprint density at radius 3 is 2.47 bits per heavy atom. The van der Waals surface area contributed by atoms with Gasteiger partial charge in [0, 0.05) is 12.6 Å². The Bertz CT molecular complexity index is 369. The quantitative estimate of drug-likeness (QED) is 0.781. The van der Waals surface area contributed by atoms with E-state index in [1.165, 1.54) is 0 Å². The van der Waals surface area contributed by atoms with E-state index >= 15 is 0 Å². The average Bonchev–Trinajstić information content (AvgIpc) is 2.90. The Morgan fingerprint density at radius 1 is 1.21 bits per heavy atom. The molecule has 108 valence electrons. The molecule has 2 heterocycles. The lowest BCUT2D eigenvalue weighted by Crippen LogP contribution is -2.65. The van der Waals surface area contributed by atoms with E-state index in [1.807, 2.05) is 16.7 Å². The summed E-state index contributed by atoms with van der Waals surface area (Å²) in [5, 5.41) is 0. The van der Waals surface area contributed by atoms with E-state index in [4.69, 9.17) is 0 Å². The Labute approximate surface area is 116 Å². The molecule has 2 aliphatic heterocycles. The van der Waals surface area contributed by atoms with Crippen LogP contribution in [0.15, 0.2) is 0 Å². The monoisotopic (exact) mass is 266 g/mol. The number of fused-ring (bicyclic) bond motifs is 1. The van der Waals surface area contributed by atoms with Gasteiger partial charge in [0.2, 0.25) is 11.8 Å². The Hall–Kier alpha value is -1.06. The molecule has 2 aliphatic rings. The predicted molar refractivity (Wildman–Crippen MR) is 74.6 cm³/mol. The molecule has 0 radical (unpaired) electrons. The Kier molecular flexibility index (Phi) is 4.16. The van der Waals surface area contributed by atoms with Crippen LogP contribution >= 0.6 is 0 Å². The molecule has 2 saturated heterocycles. The maximum atomic E-state index is 12.7. The third-order valence-electron chi connectivity index (χ3n) is 4.99. The lowest BCUT2D eigenvalue weighted by atomic mass is 9.93. The van der Waals surface area contributed by atoms with Crippen molar-refractivity contribution in [2.45, 2.75) is 71.5 Å². The van der Waals surface area contributed by atoms with Crippen molar-refractivity contribution in [2.24, 2.45) is 5.92 Å². The summed E-state index contributed by atoms with van der Waals surface area (Å²) in [5.74, 6) is 0.773. The normalized spacial score (nSPS) is 30.5. The topological polar surface area (TPSA) is 40.6 Å². The minimum atomic E-state index is -0.245. The molecule has 0 bridgehead atoms. The van der Waals surface area contributed by atoms with Crippen molar-refractivity contribution in [1.29, 1.82) is 0 Å². The first kappa shape index (κ1) is 14.4.